The van der Waals surface area contributed by atoms with Crippen molar-refractivity contribution in [1.29, 1.82) is 0 Å². The molecular weight excluding hydrogens is 174 g/mol. The first kappa shape index (κ1) is 9.46. The Kier molecular flexibility index (Phi) is 2.19. The van der Waals surface area contributed by atoms with Crippen molar-refractivity contribution >= 4 is 5.82 Å². The van der Waals surface area contributed by atoms with E-state index in [1.54, 1.807) is 6.20 Å². The lowest BCUT2D eigenvalue weighted by molar-refractivity contribution is 0.630. The van der Waals surface area contributed by atoms with E-state index < -0.39 is 0 Å². The lowest BCUT2D eigenvalue weighted by Gasteiger charge is -2.07. The lowest BCUT2D eigenvalue weighted by atomic mass is 10.2. The molecule has 1 saturated carbocycles. The van der Waals surface area contributed by atoms with Crippen LogP contribution in [0.3, 0.4) is 0 Å². The maximum atomic E-state index is 5.56. The summed E-state index contributed by atoms with van der Waals surface area (Å²) in [6.45, 7) is 5.10. The van der Waals surface area contributed by atoms with Crippen molar-refractivity contribution in [2.24, 2.45) is 11.1 Å². The van der Waals surface area contributed by atoms with Crippen molar-refractivity contribution in [3.63, 3.8) is 0 Å². The summed E-state index contributed by atoms with van der Waals surface area (Å²) >= 11 is 0. The summed E-state index contributed by atoms with van der Waals surface area (Å²) in [4.78, 5) is 4.27. The molecule has 1 aromatic rings. The number of pyridine rings is 1. The molecule has 1 heterocycles. The van der Waals surface area contributed by atoms with Crippen molar-refractivity contribution in [3.05, 3.63) is 23.9 Å². The molecule has 76 valence electrons. The van der Waals surface area contributed by atoms with Gasteiger partial charge in [0.1, 0.15) is 5.82 Å². The van der Waals surface area contributed by atoms with Crippen LogP contribution in [-0.4, -0.2) is 11.0 Å². The molecule has 3 heteroatoms. The van der Waals surface area contributed by atoms with Gasteiger partial charge in [0.15, 0.2) is 0 Å². The first-order valence-corrected chi connectivity index (χ1v) is 5.03. The van der Waals surface area contributed by atoms with Crippen molar-refractivity contribution in [3.8, 4) is 0 Å². The van der Waals surface area contributed by atoms with Crippen LogP contribution >= 0.6 is 0 Å². The topological polar surface area (TPSA) is 50.9 Å². The van der Waals surface area contributed by atoms with Gasteiger partial charge in [-0.1, -0.05) is 13.8 Å². The number of hydrogen-bond donors (Lipinski definition) is 2. The molecule has 1 aliphatic rings. The highest BCUT2D eigenvalue weighted by Gasteiger charge is 2.45. The van der Waals surface area contributed by atoms with Crippen LogP contribution in [0.15, 0.2) is 18.3 Å². The molecule has 3 N–H and O–H groups in total. The third-order valence-corrected chi connectivity index (χ3v) is 2.90. The number of rotatable bonds is 3. The average molecular weight is 191 g/mol. The third kappa shape index (κ3) is 1.87. The summed E-state index contributed by atoms with van der Waals surface area (Å²) in [5, 5.41) is 3.41. The van der Waals surface area contributed by atoms with E-state index in [9.17, 15) is 0 Å². The van der Waals surface area contributed by atoms with Gasteiger partial charge in [0.05, 0.1) is 0 Å². The second-order valence-electron chi connectivity index (χ2n) is 4.64. The summed E-state index contributed by atoms with van der Waals surface area (Å²) < 4.78 is 0. The second-order valence-corrected chi connectivity index (χ2v) is 4.64. The highest BCUT2D eigenvalue weighted by molar-refractivity contribution is 5.41. The summed E-state index contributed by atoms with van der Waals surface area (Å²) in [5.74, 6) is 0.948. The van der Waals surface area contributed by atoms with Gasteiger partial charge in [0.2, 0.25) is 0 Å². The number of nitrogens with zero attached hydrogens (tertiary/aromatic N) is 1. The summed E-state index contributed by atoms with van der Waals surface area (Å²) in [7, 11) is 0. The molecule has 1 unspecified atom stereocenters. The summed E-state index contributed by atoms with van der Waals surface area (Å²) in [5.41, 5.74) is 7.12. The molecule has 2 rings (SSSR count). The van der Waals surface area contributed by atoms with Crippen molar-refractivity contribution < 1.29 is 0 Å². The summed E-state index contributed by atoms with van der Waals surface area (Å²) in [6, 6.07) is 4.54. The molecular formula is C11H17N3. The normalized spacial score (nSPS) is 23.2. The Labute approximate surface area is 84.7 Å². The van der Waals surface area contributed by atoms with Crippen LogP contribution in [-0.2, 0) is 6.54 Å². The van der Waals surface area contributed by atoms with E-state index in [-0.39, 0.29) is 0 Å². The maximum Gasteiger partial charge on any atom is 0.126 e. The largest absolute Gasteiger partial charge is 0.367 e. The van der Waals surface area contributed by atoms with E-state index in [4.69, 9.17) is 5.73 Å². The van der Waals surface area contributed by atoms with E-state index in [0.29, 0.717) is 18.0 Å². The van der Waals surface area contributed by atoms with Crippen LogP contribution in [0.25, 0.3) is 0 Å². The van der Waals surface area contributed by atoms with E-state index in [1.165, 1.54) is 6.42 Å². The minimum atomic E-state index is 0.431. The average Bonchev–Trinajstić information content (AvgIpc) is 2.74. The van der Waals surface area contributed by atoms with Crippen LogP contribution in [0.2, 0.25) is 0 Å². The molecule has 14 heavy (non-hydrogen) atoms. The van der Waals surface area contributed by atoms with E-state index >= 15 is 0 Å². The fraction of sp³-hybridized carbons (Fsp3) is 0.545. The highest BCUT2D eigenvalue weighted by atomic mass is 15.1. The van der Waals surface area contributed by atoms with Gasteiger partial charge < -0.3 is 11.1 Å². The Bertz CT molecular complexity index is 333. The molecule has 0 amide bonds. The fourth-order valence-corrected chi connectivity index (χ4v) is 1.57. The van der Waals surface area contributed by atoms with Gasteiger partial charge in [-0.15, -0.1) is 0 Å². The maximum absolute atomic E-state index is 5.56. The second kappa shape index (κ2) is 3.24. The molecule has 1 aliphatic carbocycles. The van der Waals surface area contributed by atoms with Crippen LogP contribution in [0.1, 0.15) is 25.8 Å². The van der Waals surface area contributed by atoms with E-state index in [2.05, 4.69) is 24.1 Å². The predicted molar refractivity (Wildman–Crippen MR) is 57.9 cm³/mol. The molecule has 1 aromatic heterocycles. The Hall–Kier alpha value is -1.09. The van der Waals surface area contributed by atoms with Gasteiger partial charge in [0, 0.05) is 18.8 Å². The van der Waals surface area contributed by atoms with Gasteiger partial charge in [-0.3, -0.25) is 0 Å². The van der Waals surface area contributed by atoms with Crippen molar-refractivity contribution in [2.75, 3.05) is 5.32 Å². The Morgan fingerprint density at radius 2 is 2.36 bits per heavy atom. The zero-order valence-electron chi connectivity index (χ0n) is 8.75. The third-order valence-electron chi connectivity index (χ3n) is 2.90. The summed E-state index contributed by atoms with van der Waals surface area (Å²) in [6.07, 6.45) is 3.03. The van der Waals surface area contributed by atoms with Crippen LogP contribution in [0, 0.1) is 5.41 Å². The number of nitrogens with one attached hydrogen (secondary N) is 1. The van der Waals surface area contributed by atoms with Gasteiger partial charge in [-0.2, -0.15) is 0 Å². The zero-order chi connectivity index (χ0) is 10.2. The van der Waals surface area contributed by atoms with Gasteiger partial charge >= 0.3 is 0 Å². The first-order valence-electron chi connectivity index (χ1n) is 5.03. The Morgan fingerprint density at radius 1 is 1.64 bits per heavy atom. The molecule has 0 aromatic carbocycles. The van der Waals surface area contributed by atoms with Gasteiger partial charge in [0.25, 0.3) is 0 Å². The van der Waals surface area contributed by atoms with Crippen molar-refractivity contribution in [1.82, 2.24) is 4.98 Å². The number of nitrogens with two attached hydrogens (primary N) is 1. The van der Waals surface area contributed by atoms with E-state index in [1.807, 2.05) is 12.1 Å². The number of aromatic nitrogens is 1. The van der Waals surface area contributed by atoms with Crippen molar-refractivity contribution in [2.45, 2.75) is 32.9 Å². The van der Waals surface area contributed by atoms with Gasteiger partial charge in [-0.05, 0) is 29.5 Å². The quantitative estimate of drug-likeness (QED) is 0.765. The SMILES string of the molecule is CC1(C)CC1Nc1cc(CN)ccn1. The molecule has 0 aliphatic heterocycles. The molecule has 1 atom stereocenters. The lowest BCUT2D eigenvalue weighted by Crippen LogP contribution is -2.10. The number of hydrogen-bond acceptors (Lipinski definition) is 3. The number of anilines is 1. The molecule has 0 bridgehead atoms. The highest BCUT2D eigenvalue weighted by Crippen LogP contribution is 2.46. The minimum Gasteiger partial charge on any atom is -0.367 e. The molecule has 3 nitrogen and oxygen atoms in total. The first-order chi connectivity index (χ1) is 6.62. The van der Waals surface area contributed by atoms with E-state index in [0.717, 1.165) is 11.4 Å². The predicted octanol–water partition coefficient (Wildman–Crippen LogP) is 1.75. The fourth-order valence-electron chi connectivity index (χ4n) is 1.57. The molecule has 1 fully saturated rings. The smallest absolute Gasteiger partial charge is 0.126 e. The molecule has 0 spiro atoms. The Morgan fingerprint density at radius 3 is 2.93 bits per heavy atom. The zero-order valence-corrected chi connectivity index (χ0v) is 8.75. The minimum absolute atomic E-state index is 0.431. The van der Waals surface area contributed by atoms with Crippen LogP contribution in [0.4, 0.5) is 5.82 Å². The Balaban J connectivity index is 2.03. The van der Waals surface area contributed by atoms with Crippen LogP contribution in [0.5, 0.6) is 0 Å². The standard InChI is InChI=1S/C11H17N3/c1-11(2)6-9(11)14-10-5-8(7-12)3-4-13-10/h3-5,9H,6-7,12H2,1-2H3,(H,13,14). The molecule has 0 saturated heterocycles. The molecule has 0 radical (unpaired) electrons. The van der Waals surface area contributed by atoms with Gasteiger partial charge in [-0.25, -0.2) is 4.98 Å². The van der Waals surface area contributed by atoms with Crippen LogP contribution < -0.4 is 11.1 Å². The monoisotopic (exact) mass is 191 g/mol.